The van der Waals surface area contributed by atoms with E-state index in [4.69, 9.17) is 0 Å². The van der Waals surface area contributed by atoms with E-state index in [-0.39, 0.29) is 23.8 Å². The molecule has 0 unspecified atom stereocenters. The highest BCUT2D eigenvalue weighted by atomic mass is 32.2. The SMILES string of the molecule is O=C(NCCc1ccc(F)cc1)C(=O)NC[C@H](c1cccs1)S(=O)(=O)c1ccccc1. The van der Waals surface area contributed by atoms with Crippen molar-refractivity contribution in [2.45, 2.75) is 16.6 Å². The molecule has 1 heterocycles. The fourth-order valence-corrected chi connectivity index (χ4v) is 5.73. The number of rotatable bonds is 8. The summed E-state index contributed by atoms with van der Waals surface area (Å²) < 4.78 is 39.1. The molecule has 31 heavy (non-hydrogen) atoms. The lowest BCUT2D eigenvalue weighted by molar-refractivity contribution is -0.139. The molecule has 2 amide bonds. The average molecular weight is 461 g/mol. The quantitative estimate of drug-likeness (QED) is 0.506. The zero-order chi connectivity index (χ0) is 22.3. The van der Waals surface area contributed by atoms with Gasteiger partial charge in [-0.1, -0.05) is 36.4 Å². The van der Waals surface area contributed by atoms with Crippen molar-refractivity contribution in [1.82, 2.24) is 10.6 Å². The van der Waals surface area contributed by atoms with Crippen LogP contribution in [-0.4, -0.2) is 33.3 Å². The Bertz CT molecular complexity index is 1120. The second-order valence-corrected chi connectivity index (χ2v) is 9.81. The molecular formula is C22H21FN2O4S2. The molecule has 1 aromatic heterocycles. The topological polar surface area (TPSA) is 92.3 Å². The van der Waals surface area contributed by atoms with Crippen LogP contribution in [0.3, 0.4) is 0 Å². The fraction of sp³-hybridized carbons (Fsp3) is 0.182. The predicted molar refractivity (Wildman–Crippen MR) is 117 cm³/mol. The number of carbonyl (C=O) groups excluding carboxylic acids is 2. The molecule has 0 aliphatic carbocycles. The molecule has 0 aliphatic heterocycles. The van der Waals surface area contributed by atoms with E-state index in [9.17, 15) is 22.4 Å². The smallest absolute Gasteiger partial charge is 0.309 e. The lowest BCUT2D eigenvalue weighted by Gasteiger charge is -2.17. The highest BCUT2D eigenvalue weighted by Gasteiger charge is 2.31. The maximum Gasteiger partial charge on any atom is 0.309 e. The van der Waals surface area contributed by atoms with Gasteiger partial charge in [0.05, 0.1) is 4.90 Å². The summed E-state index contributed by atoms with van der Waals surface area (Å²) in [5.74, 6) is -2.12. The molecule has 3 rings (SSSR count). The molecule has 1 atom stereocenters. The Kier molecular flexibility index (Phi) is 7.54. The molecule has 0 radical (unpaired) electrons. The average Bonchev–Trinajstić information content (AvgIpc) is 3.30. The minimum atomic E-state index is -3.77. The molecule has 6 nitrogen and oxygen atoms in total. The predicted octanol–water partition coefficient (Wildman–Crippen LogP) is 2.88. The third-order valence-electron chi connectivity index (χ3n) is 4.57. The number of amides is 2. The van der Waals surface area contributed by atoms with Crippen LogP contribution in [-0.2, 0) is 25.8 Å². The van der Waals surface area contributed by atoms with Gasteiger partial charge in [0.15, 0.2) is 9.84 Å². The number of thiophene rings is 1. The van der Waals surface area contributed by atoms with E-state index in [1.807, 2.05) is 0 Å². The number of hydrogen-bond acceptors (Lipinski definition) is 5. The van der Waals surface area contributed by atoms with Gasteiger partial charge in [-0.2, -0.15) is 0 Å². The minimum absolute atomic E-state index is 0.145. The first-order valence-electron chi connectivity index (χ1n) is 9.51. The van der Waals surface area contributed by atoms with Gasteiger partial charge in [-0.05, 0) is 47.7 Å². The minimum Gasteiger partial charge on any atom is -0.348 e. The monoisotopic (exact) mass is 460 g/mol. The third kappa shape index (κ3) is 5.99. The molecule has 0 saturated heterocycles. The summed E-state index contributed by atoms with van der Waals surface area (Å²) in [7, 11) is -3.77. The number of sulfone groups is 1. The molecule has 162 valence electrons. The number of hydrogen-bond donors (Lipinski definition) is 2. The summed E-state index contributed by atoms with van der Waals surface area (Å²) in [6, 6.07) is 17.2. The molecule has 2 N–H and O–H groups in total. The van der Waals surface area contributed by atoms with Gasteiger partial charge in [-0.25, -0.2) is 12.8 Å². The van der Waals surface area contributed by atoms with Crippen LogP contribution < -0.4 is 10.6 Å². The fourth-order valence-electron chi connectivity index (χ4n) is 2.93. The Hall–Kier alpha value is -3.04. The molecule has 0 spiro atoms. The lowest BCUT2D eigenvalue weighted by atomic mass is 10.1. The van der Waals surface area contributed by atoms with Crippen LogP contribution in [0.15, 0.2) is 77.0 Å². The van der Waals surface area contributed by atoms with Gasteiger partial charge in [0.2, 0.25) is 0 Å². The lowest BCUT2D eigenvalue weighted by Crippen LogP contribution is -2.42. The molecular weight excluding hydrogens is 439 g/mol. The van der Waals surface area contributed by atoms with Gasteiger partial charge in [-0.15, -0.1) is 11.3 Å². The van der Waals surface area contributed by atoms with Crippen molar-refractivity contribution in [2.24, 2.45) is 0 Å². The number of carbonyl (C=O) groups is 2. The third-order valence-corrected chi connectivity index (χ3v) is 7.81. The Morgan fingerprint density at radius 2 is 1.58 bits per heavy atom. The van der Waals surface area contributed by atoms with Crippen molar-refractivity contribution >= 4 is 33.0 Å². The first-order valence-corrected chi connectivity index (χ1v) is 11.9. The maximum absolute atomic E-state index is 13.1. The van der Waals surface area contributed by atoms with E-state index in [1.165, 1.54) is 35.6 Å². The summed E-state index contributed by atoms with van der Waals surface area (Å²) in [5.41, 5.74) is 0.814. The number of halogens is 1. The maximum atomic E-state index is 13.1. The standard InChI is InChI=1S/C22H21FN2O4S2/c23-17-10-8-16(9-11-17)12-13-24-21(26)22(27)25-15-20(19-7-4-14-30-19)31(28,29)18-5-2-1-3-6-18/h1-11,14,20H,12-13,15H2,(H,24,26)(H,25,27)/t20-/m1/s1. The Morgan fingerprint density at radius 1 is 0.903 bits per heavy atom. The molecule has 0 fully saturated rings. The van der Waals surface area contributed by atoms with Crippen LogP contribution in [0.4, 0.5) is 4.39 Å². The van der Waals surface area contributed by atoms with Crippen LogP contribution in [0.2, 0.25) is 0 Å². The van der Waals surface area contributed by atoms with E-state index in [1.54, 1.807) is 47.8 Å². The first-order chi connectivity index (χ1) is 14.9. The van der Waals surface area contributed by atoms with Crippen LogP contribution in [0.5, 0.6) is 0 Å². The normalized spacial score (nSPS) is 12.2. The molecule has 0 saturated carbocycles. The van der Waals surface area contributed by atoms with Crippen LogP contribution in [0, 0.1) is 5.82 Å². The van der Waals surface area contributed by atoms with Gasteiger partial charge >= 0.3 is 11.8 Å². The Balaban J connectivity index is 1.60. The number of benzene rings is 2. The zero-order valence-electron chi connectivity index (χ0n) is 16.5. The van der Waals surface area contributed by atoms with Crippen LogP contribution >= 0.6 is 11.3 Å². The van der Waals surface area contributed by atoms with Crippen molar-refractivity contribution in [3.63, 3.8) is 0 Å². The Morgan fingerprint density at radius 3 is 2.23 bits per heavy atom. The molecule has 0 aliphatic rings. The van der Waals surface area contributed by atoms with E-state index in [2.05, 4.69) is 10.6 Å². The summed E-state index contributed by atoms with van der Waals surface area (Å²) in [6.45, 7) is -0.0451. The molecule has 0 bridgehead atoms. The van der Waals surface area contributed by atoms with Gasteiger partial charge in [-0.3, -0.25) is 9.59 Å². The second kappa shape index (κ2) is 10.3. The van der Waals surface area contributed by atoms with E-state index in [0.29, 0.717) is 11.3 Å². The largest absolute Gasteiger partial charge is 0.348 e. The van der Waals surface area contributed by atoms with Gasteiger partial charge in [0, 0.05) is 18.0 Å². The van der Waals surface area contributed by atoms with E-state index >= 15 is 0 Å². The summed E-state index contributed by atoms with van der Waals surface area (Å²) in [6.07, 6.45) is 0.430. The molecule has 9 heteroatoms. The van der Waals surface area contributed by atoms with Gasteiger partial charge < -0.3 is 10.6 Å². The second-order valence-electron chi connectivity index (χ2n) is 6.70. The zero-order valence-corrected chi connectivity index (χ0v) is 18.1. The van der Waals surface area contributed by atoms with Crippen LogP contribution in [0.1, 0.15) is 15.7 Å². The van der Waals surface area contributed by atoms with Crippen molar-refractivity contribution < 1.29 is 22.4 Å². The molecule has 3 aromatic rings. The van der Waals surface area contributed by atoms with Gasteiger partial charge in [0.1, 0.15) is 11.1 Å². The van der Waals surface area contributed by atoms with Crippen molar-refractivity contribution in [3.8, 4) is 0 Å². The summed E-state index contributed by atoms with van der Waals surface area (Å²) in [4.78, 5) is 25.0. The number of nitrogens with one attached hydrogen (secondary N) is 2. The van der Waals surface area contributed by atoms with Crippen molar-refractivity contribution in [1.29, 1.82) is 0 Å². The highest BCUT2D eigenvalue weighted by molar-refractivity contribution is 7.91. The van der Waals surface area contributed by atoms with E-state index < -0.39 is 26.9 Å². The first kappa shape index (κ1) is 22.6. The molecule has 2 aromatic carbocycles. The van der Waals surface area contributed by atoms with E-state index in [0.717, 1.165) is 5.56 Å². The van der Waals surface area contributed by atoms with Crippen molar-refractivity contribution in [3.05, 3.63) is 88.4 Å². The highest BCUT2D eigenvalue weighted by Crippen LogP contribution is 2.31. The van der Waals surface area contributed by atoms with Gasteiger partial charge in [0.25, 0.3) is 0 Å². The summed E-state index contributed by atoms with van der Waals surface area (Å²) in [5, 5.41) is 5.66. The summed E-state index contributed by atoms with van der Waals surface area (Å²) >= 11 is 1.27. The van der Waals surface area contributed by atoms with Crippen LogP contribution in [0.25, 0.3) is 0 Å². The van der Waals surface area contributed by atoms with Crippen molar-refractivity contribution in [2.75, 3.05) is 13.1 Å². The Labute approximate surface area is 184 Å².